The Morgan fingerprint density at radius 2 is 2.11 bits per heavy atom. The number of amides is 3. The highest BCUT2D eigenvalue weighted by atomic mass is 35.5. The molecule has 4 rings (SSSR count). The van der Waals surface area contributed by atoms with Crippen molar-refractivity contribution in [3.63, 3.8) is 0 Å². The third-order valence-electron chi connectivity index (χ3n) is 6.13. The van der Waals surface area contributed by atoms with Gasteiger partial charge in [0, 0.05) is 35.5 Å². The van der Waals surface area contributed by atoms with Crippen molar-refractivity contribution in [2.75, 3.05) is 6.54 Å². The Balaban J connectivity index is 1.33. The number of rotatable bonds is 7. The predicted molar refractivity (Wildman–Crippen MR) is 127 cm³/mol. The summed E-state index contributed by atoms with van der Waals surface area (Å²) in [7, 11) is 0. The average Bonchev–Trinajstić information content (AvgIpc) is 3.44. The van der Waals surface area contributed by atoms with E-state index in [1.54, 1.807) is 25.4 Å². The monoisotopic (exact) mass is 501 g/mol. The lowest BCUT2D eigenvalue weighted by Crippen LogP contribution is -2.51. The number of H-pyrrole nitrogens is 1. The maximum Gasteiger partial charge on any atom is 0.407 e. The number of pyridine rings is 1. The van der Waals surface area contributed by atoms with E-state index in [2.05, 4.69) is 20.6 Å². The third-order valence-corrected chi connectivity index (χ3v) is 6.42. The van der Waals surface area contributed by atoms with Crippen molar-refractivity contribution < 1.29 is 23.9 Å². The van der Waals surface area contributed by atoms with E-state index in [9.17, 15) is 23.9 Å². The number of aromatic nitrogens is 2. The van der Waals surface area contributed by atoms with Gasteiger partial charge in [0.25, 0.3) is 0 Å². The molecule has 11 heteroatoms. The Morgan fingerprint density at radius 1 is 1.31 bits per heavy atom. The number of halogens is 2. The van der Waals surface area contributed by atoms with Gasteiger partial charge in [-0.2, -0.15) is 0 Å². The molecular weight excluding hydrogens is 477 g/mol. The van der Waals surface area contributed by atoms with Gasteiger partial charge in [0.1, 0.15) is 17.9 Å². The van der Waals surface area contributed by atoms with Crippen LogP contribution in [0.25, 0.3) is 10.9 Å². The van der Waals surface area contributed by atoms with E-state index in [1.807, 2.05) is 12.1 Å². The van der Waals surface area contributed by atoms with Crippen molar-refractivity contribution in [2.24, 2.45) is 5.92 Å². The molecule has 3 heterocycles. The molecule has 0 radical (unpaired) electrons. The molecule has 3 atom stereocenters. The number of hydrogen-bond donors (Lipinski definition) is 4. The molecule has 3 aromatic rings. The zero-order valence-electron chi connectivity index (χ0n) is 18.9. The first-order valence-corrected chi connectivity index (χ1v) is 11.5. The topological polar surface area (TPSA) is 127 Å². The highest BCUT2D eigenvalue weighted by molar-refractivity contribution is 6.30. The van der Waals surface area contributed by atoms with Crippen molar-refractivity contribution in [1.29, 1.82) is 0 Å². The molecule has 184 valence electrons. The van der Waals surface area contributed by atoms with Crippen molar-refractivity contribution >= 4 is 40.4 Å². The SMILES string of the molecule is C[C@H](NC(=O)[C@H]1C[C@H](Cc2ccc(F)c(Cl)c2)CN1C(=O)O)C(=O)NCc1cc2cnccc2[nH]1. The van der Waals surface area contributed by atoms with Crippen LogP contribution in [-0.2, 0) is 22.6 Å². The molecular formula is C24H25ClFN5O4. The summed E-state index contributed by atoms with van der Waals surface area (Å²) in [6.07, 6.45) is 2.90. The Bertz CT molecular complexity index is 1230. The fourth-order valence-electron chi connectivity index (χ4n) is 4.37. The maximum absolute atomic E-state index is 13.4. The van der Waals surface area contributed by atoms with Crippen molar-refractivity contribution in [1.82, 2.24) is 25.5 Å². The zero-order chi connectivity index (χ0) is 25.1. The Morgan fingerprint density at radius 3 is 2.83 bits per heavy atom. The van der Waals surface area contributed by atoms with Crippen LogP contribution < -0.4 is 10.6 Å². The number of likely N-dealkylation sites (tertiary alicyclic amines) is 1. The second-order valence-corrected chi connectivity index (χ2v) is 9.12. The van der Waals surface area contributed by atoms with Crippen LogP contribution in [0.3, 0.4) is 0 Å². The second-order valence-electron chi connectivity index (χ2n) is 8.71. The number of hydrogen-bond acceptors (Lipinski definition) is 4. The summed E-state index contributed by atoms with van der Waals surface area (Å²) in [5.41, 5.74) is 2.45. The van der Waals surface area contributed by atoms with Crippen LogP contribution in [0.1, 0.15) is 24.6 Å². The molecule has 2 aromatic heterocycles. The summed E-state index contributed by atoms with van der Waals surface area (Å²) in [5.74, 6) is -1.61. The molecule has 0 saturated carbocycles. The number of benzene rings is 1. The highest BCUT2D eigenvalue weighted by Gasteiger charge is 2.40. The number of carboxylic acid groups (broad SMARTS) is 1. The first kappa shape index (κ1) is 24.5. The average molecular weight is 502 g/mol. The molecule has 1 aromatic carbocycles. The second kappa shape index (κ2) is 10.3. The van der Waals surface area contributed by atoms with Crippen LogP contribution in [0.4, 0.5) is 9.18 Å². The molecule has 4 N–H and O–H groups in total. The largest absolute Gasteiger partial charge is 0.465 e. The van der Waals surface area contributed by atoms with E-state index in [1.165, 1.54) is 12.1 Å². The summed E-state index contributed by atoms with van der Waals surface area (Å²) in [5, 5.41) is 15.9. The van der Waals surface area contributed by atoms with E-state index in [0.717, 1.165) is 27.1 Å². The van der Waals surface area contributed by atoms with Gasteiger partial charge in [-0.25, -0.2) is 9.18 Å². The van der Waals surface area contributed by atoms with Gasteiger partial charge in [-0.05, 0) is 55.5 Å². The van der Waals surface area contributed by atoms with Crippen LogP contribution in [0, 0.1) is 11.7 Å². The van der Waals surface area contributed by atoms with Gasteiger partial charge in [0.05, 0.1) is 11.6 Å². The lowest BCUT2D eigenvalue weighted by molar-refractivity contribution is -0.130. The Hall–Kier alpha value is -3.66. The number of fused-ring (bicyclic) bond motifs is 1. The fourth-order valence-corrected chi connectivity index (χ4v) is 4.57. The minimum atomic E-state index is -1.21. The number of carbonyl (C=O) groups excluding carboxylic acids is 2. The van der Waals surface area contributed by atoms with Crippen LogP contribution in [-0.4, -0.2) is 56.5 Å². The Labute approximate surface area is 205 Å². The predicted octanol–water partition coefficient (Wildman–Crippen LogP) is 3.09. The first-order valence-electron chi connectivity index (χ1n) is 11.1. The number of carbonyl (C=O) groups is 3. The quantitative estimate of drug-likeness (QED) is 0.395. The van der Waals surface area contributed by atoms with Gasteiger partial charge in [0.2, 0.25) is 11.8 Å². The lowest BCUT2D eigenvalue weighted by Gasteiger charge is -2.22. The van der Waals surface area contributed by atoms with Gasteiger partial charge >= 0.3 is 6.09 Å². The maximum atomic E-state index is 13.4. The summed E-state index contributed by atoms with van der Waals surface area (Å²) >= 11 is 5.84. The standard InChI is InChI=1S/C24H25ClFN5O4/c1-13(22(32)28-11-17-9-16-10-27-5-4-20(16)30-17)29-23(33)21-8-15(12-31(21)24(34)35)6-14-2-3-19(26)18(25)7-14/h2-5,7,9-10,13,15,21,30H,6,8,11-12H2,1H3,(H,28,32)(H,29,33)(H,34,35)/t13-,15-,21+/m0/s1. The van der Waals surface area contributed by atoms with Gasteiger partial charge in [0.15, 0.2) is 0 Å². The summed E-state index contributed by atoms with van der Waals surface area (Å²) in [6, 6.07) is 6.28. The van der Waals surface area contributed by atoms with Crippen molar-refractivity contribution in [3.8, 4) is 0 Å². The minimum Gasteiger partial charge on any atom is -0.465 e. The first-order chi connectivity index (χ1) is 16.7. The molecule has 1 aliphatic rings. The molecule has 1 aliphatic heterocycles. The molecule has 0 spiro atoms. The zero-order valence-corrected chi connectivity index (χ0v) is 19.7. The van der Waals surface area contributed by atoms with Crippen LogP contribution in [0.15, 0.2) is 42.7 Å². The minimum absolute atomic E-state index is 0.00571. The van der Waals surface area contributed by atoms with Crippen LogP contribution >= 0.6 is 11.6 Å². The molecule has 0 bridgehead atoms. The van der Waals surface area contributed by atoms with Gasteiger partial charge in [-0.15, -0.1) is 0 Å². The van der Waals surface area contributed by atoms with E-state index in [4.69, 9.17) is 11.6 Å². The van der Waals surface area contributed by atoms with Crippen LogP contribution in [0.2, 0.25) is 5.02 Å². The normalized spacial score (nSPS) is 18.4. The number of aromatic amines is 1. The fraction of sp³-hybridized carbons (Fsp3) is 0.333. The van der Waals surface area contributed by atoms with Gasteiger partial charge in [-0.3, -0.25) is 19.5 Å². The van der Waals surface area contributed by atoms with Crippen molar-refractivity contribution in [3.05, 3.63) is 64.8 Å². The molecule has 1 fully saturated rings. The molecule has 35 heavy (non-hydrogen) atoms. The van der Waals surface area contributed by atoms with E-state index in [0.29, 0.717) is 6.42 Å². The summed E-state index contributed by atoms with van der Waals surface area (Å²) in [4.78, 5) is 45.5. The number of nitrogens with zero attached hydrogens (tertiary/aromatic N) is 2. The third kappa shape index (κ3) is 5.71. The van der Waals surface area contributed by atoms with Crippen LogP contribution in [0.5, 0.6) is 0 Å². The van der Waals surface area contributed by atoms with E-state index >= 15 is 0 Å². The lowest BCUT2D eigenvalue weighted by atomic mass is 9.96. The molecule has 3 amide bonds. The Kier molecular flexibility index (Phi) is 7.20. The molecule has 0 unspecified atom stereocenters. The van der Waals surface area contributed by atoms with Gasteiger partial charge in [-0.1, -0.05) is 17.7 Å². The molecule has 0 aliphatic carbocycles. The van der Waals surface area contributed by atoms with E-state index < -0.39 is 35.8 Å². The molecule has 9 nitrogen and oxygen atoms in total. The van der Waals surface area contributed by atoms with Crippen molar-refractivity contribution in [2.45, 2.75) is 38.4 Å². The number of nitrogens with one attached hydrogen (secondary N) is 3. The molecule has 1 saturated heterocycles. The summed E-state index contributed by atoms with van der Waals surface area (Å²) in [6.45, 7) is 1.93. The smallest absolute Gasteiger partial charge is 0.407 e. The highest BCUT2D eigenvalue weighted by Crippen LogP contribution is 2.28. The van der Waals surface area contributed by atoms with Gasteiger partial charge < -0.3 is 20.7 Å². The summed E-state index contributed by atoms with van der Waals surface area (Å²) < 4.78 is 13.4. The van der Waals surface area contributed by atoms with E-state index in [-0.39, 0.29) is 30.5 Å².